The highest BCUT2D eigenvalue weighted by molar-refractivity contribution is 5.85. The number of allylic oxidation sites excluding steroid dienone is 4. The molecule has 6 heteroatoms. The van der Waals surface area contributed by atoms with Crippen molar-refractivity contribution in [3.05, 3.63) is 23.8 Å². The molecule has 0 saturated carbocycles. The lowest BCUT2D eigenvalue weighted by Gasteiger charge is -2.11. The van der Waals surface area contributed by atoms with Gasteiger partial charge in [0.25, 0.3) is 0 Å². The van der Waals surface area contributed by atoms with Gasteiger partial charge in [-0.3, -0.25) is 4.79 Å². The van der Waals surface area contributed by atoms with Crippen molar-refractivity contribution in [1.29, 1.82) is 0 Å². The van der Waals surface area contributed by atoms with Crippen LogP contribution in [-0.4, -0.2) is 16.9 Å². The lowest BCUT2D eigenvalue weighted by molar-refractivity contribution is -0.141. The Morgan fingerprint density at radius 3 is 2.22 bits per heavy atom. The average Bonchev–Trinajstić information content (AvgIpc) is 2.58. The molecule has 0 aliphatic rings. The number of nitrogens with one attached hydrogen (secondary N) is 1. The monoisotopic (exact) mass is 328 g/mol. The number of nitrogens with zero attached hydrogens (tertiary/aromatic N) is 1. The molecule has 0 aromatic rings. The highest BCUT2D eigenvalue weighted by atomic mass is 16.4. The van der Waals surface area contributed by atoms with Crippen molar-refractivity contribution >= 4 is 11.8 Å². The summed E-state index contributed by atoms with van der Waals surface area (Å²) in [6.07, 6.45) is 9.05. The zero-order valence-electron chi connectivity index (χ0n) is 15.6. The van der Waals surface area contributed by atoms with Crippen LogP contribution in [-0.2, 0) is 4.79 Å². The quantitative estimate of drug-likeness (QED) is 0.188. The number of aliphatic carboxylic acids is 1. The Morgan fingerprint density at radius 1 is 1.35 bits per heavy atom. The van der Waals surface area contributed by atoms with E-state index in [9.17, 15) is 4.79 Å². The Labute approximate surface area is 141 Å². The zero-order chi connectivity index (χ0) is 18.7. The topological polar surface area (TPSA) is 114 Å². The van der Waals surface area contributed by atoms with Crippen molar-refractivity contribution in [3.8, 4) is 0 Å². The van der Waals surface area contributed by atoms with Gasteiger partial charge in [0.1, 0.15) is 5.84 Å². The van der Waals surface area contributed by atoms with E-state index in [1.165, 1.54) is 5.57 Å². The summed E-state index contributed by atoms with van der Waals surface area (Å²) in [6.45, 7) is 12.2. The summed E-state index contributed by atoms with van der Waals surface area (Å²) < 4.78 is 0. The van der Waals surface area contributed by atoms with Crippen LogP contribution in [0.15, 0.2) is 28.9 Å². The Kier molecular flexibility index (Phi) is 22.9. The Hall–Kier alpha value is -1.82. The third-order valence-electron chi connectivity index (χ3n) is 2.88. The third kappa shape index (κ3) is 18.1. The molecule has 0 aromatic carbocycles. The van der Waals surface area contributed by atoms with Crippen LogP contribution >= 0.6 is 0 Å². The van der Waals surface area contributed by atoms with Gasteiger partial charge in [-0.1, -0.05) is 57.9 Å². The summed E-state index contributed by atoms with van der Waals surface area (Å²) in [5.74, 6) is 9.04. The first kappa shape index (κ1) is 26.1. The largest absolute Gasteiger partial charge is 0.481 e. The zero-order valence-corrected chi connectivity index (χ0v) is 15.6. The molecular formula is C17H36N4O2. The first-order valence-electron chi connectivity index (χ1n) is 8.21. The molecule has 1 atom stereocenters. The average molecular weight is 329 g/mol. The molecule has 0 spiro atoms. The minimum Gasteiger partial charge on any atom is -0.481 e. The van der Waals surface area contributed by atoms with Gasteiger partial charge in [0.15, 0.2) is 0 Å². The summed E-state index contributed by atoms with van der Waals surface area (Å²) in [4.78, 5) is 10.7. The van der Waals surface area contributed by atoms with Crippen LogP contribution in [0.4, 0.5) is 0 Å². The van der Waals surface area contributed by atoms with Gasteiger partial charge in [-0.05, 0) is 26.7 Å². The van der Waals surface area contributed by atoms with Gasteiger partial charge in [0.2, 0.25) is 0 Å². The first-order chi connectivity index (χ1) is 11.0. The highest BCUT2D eigenvalue weighted by Crippen LogP contribution is 2.11. The lowest BCUT2D eigenvalue weighted by atomic mass is 10.00. The molecular weight excluding hydrogens is 292 g/mol. The van der Waals surface area contributed by atoms with Crippen LogP contribution in [0.3, 0.4) is 0 Å². The molecule has 0 aliphatic carbocycles. The Bertz CT molecular complexity index is 364. The summed E-state index contributed by atoms with van der Waals surface area (Å²) >= 11 is 0. The molecule has 1 unspecified atom stereocenters. The second-order valence-electron chi connectivity index (χ2n) is 4.64. The number of rotatable bonds is 7. The molecule has 6 N–H and O–H groups in total. The maximum Gasteiger partial charge on any atom is 0.306 e. The molecule has 23 heavy (non-hydrogen) atoms. The van der Waals surface area contributed by atoms with Crippen LogP contribution in [0.25, 0.3) is 0 Å². The van der Waals surface area contributed by atoms with E-state index < -0.39 is 11.9 Å². The normalized spacial score (nSPS) is 12.7. The van der Waals surface area contributed by atoms with Gasteiger partial charge in [0, 0.05) is 6.42 Å². The van der Waals surface area contributed by atoms with Gasteiger partial charge < -0.3 is 16.4 Å². The molecule has 0 aromatic heterocycles. The fourth-order valence-corrected chi connectivity index (χ4v) is 1.42. The summed E-state index contributed by atoms with van der Waals surface area (Å²) in [5, 5.41) is 12.1. The van der Waals surface area contributed by atoms with E-state index in [-0.39, 0.29) is 6.42 Å². The molecule has 6 nitrogen and oxygen atoms in total. The van der Waals surface area contributed by atoms with Gasteiger partial charge >= 0.3 is 5.97 Å². The maximum absolute atomic E-state index is 10.7. The van der Waals surface area contributed by atoms with Crippen molar-refractivity contribution in [2.24, 2.45) is 22.7 Å². The van der Waals surface area contributed by atoms with E-state index in [1.807, 2.05) is 33.8 Å². The van der Waals surface area contributed by atoms with Crippen LogP contribution in [0.5, 0.6) is 0 Å². The second-order valence-corrected chi connectivity index (χ2v) is 4.64. The van der Waals surface area contributed by atoms with Crippen LogP contribution < -0.4 is 17.1 Å². The van der Waals surface area contributed by atoms with Crippen molar-refractivity contribution in [1.82, 2.24) is 5.43 Å². The number of amidine groups is 1. The minimum atomic E-state index is -0.849. The standard InChI is InChI=1S/C8H14.C7H16N4O2.C2H6/c1-4-6-7-8(3)5-2;1-2-3-5(7(12)13)4-6(10-8)11-9;1-2/h4,6-7H,5H2,1-3H3;5H,2-4,8-9H2,1H3,(H,10,11)(H,12,13);1-2H3/b6-4-,8-7+;;. The second kappa shape index (κ2) is 20.2. The molecule has 0 heterocycles. The predicted octanol–water partition coefficient (Wildman–Crippen LogP) is 3.56. The Morgan fingerprint density at radius 2 is 1.91 bits per heavy atom. The van der Waals surface area contributed by atoms with E-state index in [2.05, 4.69) is 36.5 Å². The van der Waals surface area contributed by atoms with E-state index in [0.29, 0.717) is 12.3 Å². The number of hydrazine groups is 1. The Balaban J connectivity index is -0.000000343. The fourth-order valence-electron chi connectivity index (χ4n) is 1.42. The molecule has 0 bridgehead atoms. The number of carboxylic acid groups (broad SMARTS) is 1. The highest BCUT2D eigenvalue weighted by Gasteiger charge is 2.18. The van der Waals surface area contributed by atoms with E-state index in [1.54, 1.807) is 0 Å². The smallest absolute Gasteiger partial charge is 0.306 e. The molecule has 0 aliphatic heterocycles. The van der Waals surface area contributed by atoms with Gasteiger partial charge in [-0.25, -0.2) is 5.84 Å². The van der Waals surface area contributed by atoms with Crippen molar-refractivity contribution in [2.75, 3.05) is 0 Å². The van der Waals surface area contributed by atoms with Gasteiger partial charge in [-0.15, -0.1) is 0 Å². The maximum atomic E-state index is 10.7. The summed E-state index contributed by atoms with van der Waals surface area (Å²) in [5.41, 5.74) is 3.69. The van der Waals surface area contributed by atoms with Crippen molar-refractivity contribution in [2.45, 2.75) is 67.2 Å². The van der Waals surface area contributed by atoms with E-state index in [0.717, 1.165) is 12.8 Å². The van der Waals surface area contributed by atoms with Gasteiger partial charge in [0.05, 0.1) is 5.92 Å². The van der Waals surface area contributed by atoms with Crippen LogP contribution in [0, 0.1) is 5.92 Å². The fraction of sp³-hybridized carbons (Fsp3) is 0.647. The predicted molar refractivity (Wildman–Crippen MR) is 99.8 cm³/mol. The lowest BCUT2D eigenvalue weighted by Crippen LogP contribution is -2.34. The first-order valence-corrected chi connectivity index (χ1v) is 8.21. The number of hydrazone groups is 1. The molecule has 0 rings (SSSR count). The van der Waals surface area contributed by atoms with Crippen LogP contribution in [0.1, 0.15) is 67.2 Å². The number of hydrogen-bond acceptors (Lipinski definition) is 4. The number of carbonyl (C=O) groups is 1. The van der Waals surface area contributed by atoms with E-state index in [4.69, 9.17) is 16.8 Å². The number of hydrogen-bond donors (Lipinski definition) is 4. The minimum absolute atomic E-state index is 0.246. The van der Waals surface area contributed by atoms with Crippen molar-refractivity contribution in [3.63, 3.8) is 0 Å². The molecule has 0 fully saturated rings. The molecule has 0 amide bonds. The number of nitrogens with two attached hydrogens (primary N) is 2. The third-order valence-corrected chi connectivity index (χ3v) is 2.88. The molecule has 0 saturated heterocycles. The SMILES string of the molecule is C/C=C\C=C(/C)CC.CC.CCCC(C/C(=N/N)NN)C(=O)O. The van der Waals surface area contributed by atoms with E-state index >= 15 is 0 Å². The van der Waals surface area contributed by atoms with Crippen molar-refractivity contribution < 1.29 is 9.90 Å². The number of carboxylic acids is 1. The molecule has 136 valence electrons. The summed E-state index contributed by atoms with van der Waals surface area (Å²) in [6, 6.07) is 0. The summed E-state index contributed by atoms with van der Waals surface area (Å²) in [7, 11) is 0. The van der Waals surface area contributed by atoms with Gasteiger partial charge in [-0.2, -0.15) is 5.10 Å². The molecule has 0 radical (unpaired) electrons. The van der Waals surface area contributed by atoms with Crippen LogP contribution in [0.2, 0.25) is 0 Å².